The smallest absolute Gasteiger partial charge is 0.267 e. The number of thiocarbonyl (C=S) groups is 1. The van der Waals surface area contributed by atoms with E-state index in [9.17, 15) is 9.59 Å². The minimum Gasteiger partial charge on any atom is -0.383 e. The van der Waals surface area contributed by atoms with E-state index in [2.05, 4.69) is 10.3 Å². The number of benzene rings is 1. The number of hydrogen-bond acceptors (Lipinski definition) is 7. The zero-order chi connectivity index (χ0) is 23.4. The zero-order valence-corrected chi connectivity index (χ0v) is 20.0. The number of aromatic nitrogens is 2. The molecule has 0 saturated carbocycles. The van der Waals surface area contributed by atoms with E-state index in [4.69, 9.17) is 17.0 Å². The maximum Gasteiger partial charge on any atom is 0.267 e. The molecule has 1 fully saturated rings. The maximum atomic E-state index is 13.3. The van der Waals surface area contributed by atoms with Gasteiger partial charge in [0.15, 0.2) is 0 Å². The largest absolute Gasteiger partial charge is 0.383 e. The third-order valence-electron chi connectivity index (χ3n) is 5.30. The molecule has 1 aromatic carbocycles. The number of aryl methyl sites for hydroxylation is 1. The number of amides is 1. The van der Waals surface area contributed by atoms with Crippen molar-refractivity contribution in [3.05, 3.63) is 80.6 Å². The lowest BCUT2D eigenvalue weighted by Gasteiger charge is -2.14. The maximum absolute atomic E-state index is 13.3. The third-order valence-corrected chi connectivity index (χ3v) is 6.68. The van der Waals surface area contributed by atoms with Crippen LogP contribution in [0.4, 0.5) is 5.82 Å². The van der Waals surface area contributed by atoms with Crippen LogP contribution >= 0.6 is 24.0 Å². The lowest BCUT2D eigenvalue weighted by atomic mass is 10.1. The van der Waals surface area contributed by atoms with Gasteiger partial charge in [-0.3, -0.25) is 18.9 Å². The average molecular weight is 481 g/mol. The number of anilines is 1. The molecule has 0 spiro atoms. The second kappa shape index (κ2) is 10.3. The van der Waals surface area contributed by atoms with E-state index in [1.54, 1.807) is 30.3 Å². The van der Waals surface area contributed by atoms with E-state index in [1.165, 1.54) is 16.2 Å². The minimum absolute atomic E-state index is 0.197. The van der Waals surface area contributed by atoms with E-state index in [-0.39, 0.29) is 11.5 Å². The Morgan fingerprint density at radius 3 is 2.73 bits per heavy atom. The van der Waals surface area contributed by atoms with Crippen LogP contribution in [-0.2, 0) is 16.0 Å². The molecular formula is C24H24N4O3S2. The molecule has 1 saturated heterocycles. The molecule has 2 aromatic heterocycles. The summed E-state index contributed by atoms with van der Waals surface area (Å²) in [6, 6.07) is 13.7. The molecule has 1 amide bonds. The molecule has 0 atom stereocenters. The molecule has 4 rings (SSSR count). The third kappa shape index (κ3) is 5.00. The Hall–Kier alpha value is -3.01. The normalized spacial score (nSPS) is 15.1. The van der Waals surface area contributed by atoms with Crippen molar-refractivity contribution in [2.24, 2.45) is 0 Å². The second-order valence-electron chi connectivity index (χ2n) is 7.55. The van der Waals surface area contributed by atoms with Gasteiger partial charge in [0.05, 0.1) is 17.1 Å². The van der Waals surface area contributed by atoms with Crippen molar-refractivity contribution in [1.82, 2.24) is 14.3 Å². The SMILES string of the molecule is COCCNc1nc2c(C)cccn2c(=O)c1C=C1SC(=S)N(CCc2ccccc2)C1=O. The van der Waals surface area contributed by atoms with Crippen LogP contribution < -0.4 is 10.9 Å². The molecule has 7 nitrogen and oxygen atoms in total. The highest BCUT2D eigenvalue weighted by atomic mass is 32.2. The van der Waals surface area contributed by atoms with Gasteiger partial charge in [0.25, 0.3) is 11.5 Å². The summed E-state index contributed by atoms with van der Waals surface area (Å²) >= 11 is 6.67. The van der Waals surface area contributed by atoms with E-state index >= 15 is 0 Å². The molecule has 0 aliphatic carbocycles. The zero-order valence-electron chi connectivity index (χ0n) is 18.4. The van der Waals surface area contributed by atoms with Crippen LogP contribution in [0, 0.1) is 6.92 Å². The molecule has 33 heavy (non-hydrogen) atoms. The fraction of sp³-hybridized carbons (Fsp3) is 0.250. The fourth-order valence-electron chi connectivity index (χ4n) is 3.56. The Bertz CT molecular complexity index is 1290. The van der Waals surface area contributed by atoms with Crippen molar-refractivity contribution in [1.29, 1.82) is 0 Å². The van der Waals surface area contributed by atoms with Gasteiger partial charge in [-0.15, -0.1) is 0 Å². The summed E-state index contributed by atoms with van der Waals surface area (Å²) < 4.78 is 7.10. The lowest BCUT2D eigenvalue weighted by molar-refractivity contribution is -0.122. The van der Waals surface area contributed by atoms with Crippen molar-refractivity contribution in [3.8, 4) is 0 Å². The molecule has 9 heteroatoms. The van der Waals surface area contributed by atoms with Crippen LogP contribution in [0.2, 0.25) is 0 Å². The van der Waals surface area contributed by atoms with Gasteiger partial charge in [-0.05, 0) is 36.6 Å². The fourth-order valence-corrected chi connectivity index (χ4v) is 4.85. The van der Waals surface area contributed by atoms with Crippen LogP contribution in [0.25, 0.3) is 11.7 Å². The molecule has 3 heterocycles. The molecule has 3 aromatic rings. The number of ether oxygens (including phenoxy) is 1. The predicted octanol–water partition coefficient (Wildman–Crippen LogP) is 3.51. The van der Waals surface area contributed by atoms with Crippen LogP contribution in [-0.4, -0.2) is 51.3 Å². The monoisotopic (exact) mass is 480 g/mol. The van der Waals surface area contributed by atoms with Crippen LogP contribution in [0.15, 0.2) is 58.4 Å². The number of carbonyl (C=O) groups excluding carboxylic acids is 1. The molecule has 0 unspecified atom stereocenters. The van der Waals surface area contributed by atoms with Gasteiger partial charge in [-0.25, -0.2) is 4.98 Å². The average Bonchev–Trinajstić information content (AvgIpc) is 3.08. The van der Waals surface area contributed by atoms with Crippen molar-refractivity contribution in [2.45, 2.75) is 13.3 Å². The van der Waals surface area contributed by atoms with Gasteiger partial charge in [-0.2, -0.15) is 0 Å². The summed E-state index contributed by atoms with van der Waals surface area (Å²) in [6.07, 6.45) is 3.98. The number of pyridine rings is 1. The second-order valence-corrected chi connectivity index (χ2v) is 9.23. The topological polar surface area (TPSA) is 75.9 Å². The molecule has 0 bridgehead atoms. The standard InChI is InChI=1S/C24H24N4O3S2/c1-16-7-6-12-27-21(16)26-20(25-11-14-31-2)18(22(27)29)15-19-23(30)28(24(32)33-19)13-10-17-8-4-3-5-9-17/h3-9,12,15,25H,10-11,13-14H2,1-2H3. The number of hydrogen-bond donors (Lipinski definition) is 1. The number of nitrogens with zero attached hydrogens (tertiary/aromatic N) is 3. The number of fused-ring (bicyclic) bond motifs is 1. The van der Waals surface area contributed by atoms with Crippen molar-refractivity contribution in [3.63, 3.8) is 0 Å². The highest BCUT2D eigenvalue weighted by Gasteiger charge is 2.32. The van der Waals surface area contributed by atoms with E-state index in [0.29, 0.717) is 52.4 Å². The number of carbonyl (C=O) groups is 1. The number of nitrogens with one attached hydrogen (secondary N) is 1. The predicted molar refractivity (Wildman–Crippen MR) is 137 cm³/mol. The van der Waals surface area contributed by atoms with E-state index in [0.717, 1.165) is 11.1 Å². The summed E-state index contributed by atoms with van der Waals surface area (Å²) in [5.74, 6) is 0.221. The first-order valence-electron chi connectivity index (χ1n) is 10.5. The van der Waals surface area contributed by atoms with Gasteiger partial charge >= 0.3 is 0 Å². The summed E-state index contributed by atoms with van der Waals surface area (Å²) in [7, 11) is 1.61. The van der Waals surface area contributed by atoms with Gasteiger partial charge in [-0.1, -0.05) is 60.4 Å². The first-order chi connectivity index (χ1) is 16.0. The number of methoxy groups -OCH3 is 1. The van der Waals surface area contributed by atoms with Crippen molar-refractivity contribution in [2.75, 3.05) is 32.1 Å². The van der Waals surface area contributed by atoms with E-state index < -0.39 is 0 Å². The van der Waals surface area contributed by atoms with Crippen LogP contribution in [0.1, 0.15) is 16.7 Å². The van der Waals surface area contributed by atoms with E-state index in [1.807, 2.05) is 43.3 Å². The molecule has 1 N–H and O–H groups in total. The number of rotatable bonds is 8. The summed E-state index contributed by atoms with van der Waals surface area (Å²) in [5.41, 5.74) is 2.64. The summed E-state index contributed by atoms with van der Waals surface area (Å²) in [5, 5.41) is 3.17. The van der Waals surface area contributed by atoms with Gasteiger partial charge in [0, 0.05) is 26.4 Å². The Morgan fingerprint density at radius 2 is 1.97 bits per heavy atom. The van der Waals surface area contributed by atoms with Crippen molar-refractivity contribution >= 4 is 51.7 Å². The van der Waals surface area contributed by atoms with Crippen LogP contribution in [0.5, 0.6) is 0 Å². The Balaban J connectivity index is 1.67. The molecule has 170 valence electrons. The Morgan fingerprint density at radius 1 is 1.18 bits per heavy atom. The number of thioether (sulfide) groups is 1. The highest BCUT2D eigenvalue weighted by Crippen LogP contribution is 2.33. The Kier molecular flexibility index (Phi) is 7.22. The minimum atomic E-state index is -0.252. The first-order valence-corrected chi connectivity index (χ1v) is 11.8. The molecule has 1 aliphatic rings. The van der Waals surface area contributed by atoms with Crippen LogP contribution in [0.3, 0.4) is 0 Å². The Labute approximate surface area is 201 Å². The quantitative estimate of drug-likeness (QED) is 0.300. The summed E-state index contributed by atoms with van der Waals surface area (Å²) in [6.45, 7) is 3.32. The molecular weight excluding hydrogens is 456 g/mol. The van der Waals surface area contributed by atoms with Gasteiger partial charge in [0.1, 0.15) is 15.8 Å². The first kappa shape index (κ1) is 23.2. The van der Waals surface area contributed by atoms with Crippen molar-refractivity contribution < 1.29 is 9.53 Å². The molecule has 0 radical (unpaired) electrons. The molecule has 1 aliphatic heterocycles. The van der Waals surface area contributed by atoms with Gasteiger partial charge in [0.2, 0.25) is 0 Å². The highest BCUT2D eigenvalue weighted by molar-refractivity contribution is 8.26. The van der Waals surface area contributed by atoms with Gasteiger partial charge < -0.3 is 10.1 Å². The summed E-state index contributed by atoms with van der Waals surface area (Å²) in [4.78, 5) is 33.1. The lowest BCUT2D eigenvalue weighted by Crippen LogP contribution is -2.30.